The standard InChI is InChI=1S/C24H19ClFN5OS/c1-16-5-7-18(8-6-16)23-29-30-24(31(23)21-11-9-19(25)10-12-21)33-15-22(32)28-27-14-17-3-2-4-20(26)13-17/h2-14H,15H2,1H3,(H,28,32)/b27-14+. The summed E-state index contributed by atoms with van der Waals surface area (Å²) in [5.74, 6) is 0.0337. The van der Waals surface area contributed by atoms with E-state index in [1.807, 2.05) is 47.9 Å². The fourth-order valence-corrected chi connectivity index (χ4v) is 3.87. The highest BCUT2D eigenvalue weighted by Crippen LogP contribution is 2.28. The largest absolute Gasteiger partial charge is 0.272 e. The van der Waals surface area contributed by atoms with E-state index < -0.39 is 0 Å². The molecule has 0 fully saturated rings. The Hall–Kier alpha value is -3.49. The normalized spacial score (nSPS) is 11.1. The minimum Gasteiger partial charge on any atom is -0.272 e. The zero-order valence-electron chi connectivity index (χ0n) is 17.6. The second kappa shape index (κ2) is 10.4. The van der Waals surface area contributed by atoms with Gasteiger partial charge in [0.1, 0.15) is 5.82 Å². The Labute approximate surface area is 199 Å². The van der Waals surface area contributed by atoms with Crippen molar-refractivity contribution in [3.05, 3.63) is 94.8 Å². The molecule has 0 bridgehead atoms. The molecule has 3 aromatic carbocycles. The molecule has 166 valence electrons. The van der Waals surface area contributed by atoms with Gasteiger partial charge in [0, 0.05) is 16.3 Å². The van der Waals surface area contributed by atoms with Crippen molar-refractivity contribution >= 4 is 35.5 Å². The Bertz CT molecular complexity index is 1290. The minimum atomic E-state index is -0.369. The highest BCUT2D eigenvalue weighted by molar-refractivity contribution is 7.99. The summed E-state index contributed by atoms with van der Waals surface area (Å²) in [7, 11) is 0. The average molecular weight is 480 g/mol. The van der Waals surface area contributed by atoms with E-state index in [-0.39, 0.29) is 17.5 Å². The predicted octanol–water partition coefficient (Wildman–Crippen LogP) is 5.28. The van der Waals surface area contributed by atoms with Gasteiger partial charge >= 0.3 is 0 Å². The van der Waals surface area contributed by atoms with Crippen LogP contribution in [-0.2, 0) is 4.79 Å². The van der Waals surface area contributed by atoms with Gasteiger partial charge in [-0.25, -0.2) is 9.82 Å². The summed E-state index contributed by atoms with van der Waals surface area (Å²) in [6, 6.07) is 21.2. The van der Waals surface area contributed by atoms with Crippen molar-refractivity contribution in [1.29, 1.82) is 0 Å². The first-order valence-electron chi connectivity index (χ1n) is 9.98. The van der Waals surface area contributed by atoms with E-state index in [0.29, 0.717) is 21.6 Å². The summed E-state index contributed by atoms with van der Waals surface area (Å²) < 4.78 is 15.1. The van der Waals surface area contributed by atoms with E-state index in [4.69, 9.17) is 11.6 Å². The average Bonchev–Trinajstić information content (AvgIpc) is 3.23. The molecule has 0 aliphatic heterocycles. The molecule has 6 nitrogen and oxygen atoms in total. The third kappa shape index (κ3) is 5.85. The van der Waals surface area contributed by atoms with Crippen LogP contribution in [0.3, 0.4) is 0 Å². The third-order valence-electron chi connectivity index (χ3n) is 4.61. The SMILES string of the molecule is Cc1ccc(-c2nnc(SCC(=O)N/N=C/c3cccc(F)c3)n2-c2ccc(Cl)cc2)cc1. The lowest BCUT2D eigenvalue weighted by Crippen LogP contribution is -2.20. The highest BCUT2D eigenvalue weighted by Gasteiger charge is 2.17. The Balaban J connectivity index is 1.51. The molecule has 0 atom stereocenters. The van der Waals surface area contributed by atoms with Gasteiger partial charge in [-0.1, -0.05) is 65.3 Å². The number of carbonyl (C=O) groups is 1. The highest BCUT2D eigenvalue weighted by atomic mass is 35.5. The summed E-state index contributed by atoms with van der Waals surface area (Å²) >= 11 is 7.29. The van der Waals surface area contributed by atoms with Gasteiger partial charge in [0.05, 0.1) is 12.0 Å². The van der Waals surface area contributed by atoms with Gasteiger partial charge in [-0.2, -0.15) is 5.10 Å². The molecule has 1 aromatic heterocycles. The van der Waals surface area contributed by atoms with Crippen molar-refractivity contribution in [3.8, 4) is 17.1 Å². The quantitative estimate of drug-likeness (QED) is 0.222. The summed E-state index contributed by atoms with van der Waals surface area (Å²) in [5, 5.41) is 13.7. The van der Waals surface area contributed by atoms with Crippen molar-refractivity contribution in [1.82, 2.24) is 20.2 Å². The van der Waals surface area contributed by atoms with Crippen LogP contribution in [0.1, 0.15) is 11.1 Å². The third-order valence-corrected chi connectivity index (χ3v) is 5.79. The molecule has 1 heterocycles. The van der Waals surface area contributed by atoms with E-state index in [1.165, 1.54) is 30.1 Å². The number of amides is 1. The molecule has 0 aliphatic carbocycles. The minimum absolute atomic E-state index is 0.0696. The maximum atomic E-state index is 13.2. The number of hydrazone groups is 1. The van der Waals surface area contributed by atoms with Gasteiger partial charge in [-0.15, -0.1) is 10.2 Å². The number of rotatable bonds is 7. The number of nitrogens with one attached hydrogen (secondary N) is 1. The summed E-state index contributed by atoms with van der Waals surface area (Å²) in [6.45, 7) is 2.02. The zero-order chi connectivity index (χ0) is 23.2. The predicted molar refractivity (Wildman–Crippen MR) is 129 cm³/mol. The van der Waals surface area contributed by atoms with E-state index in [2.05, 4.69) is 20.7 Å². The summed E-state index contributed by atoms with van der Waals surface area (Å²) in [4.78, 5) is 12.3. The molecule has 0 saturated heterocycles. The molecular weight excluding hydrogens is 461 g/mol. The van der Waals surface area contributed by atoms with Crippen molar-refractivity contribution in [2.45, 2.75) is 12.1 Å². The van der Waals surface area contributed by atoms with Crippen LogP contribution in [0.5, 0.6) is 0 Å². The van der Waals surface area contributed by atoms with Crippen LogP contribution >= 0.6 is 23.4 Å². The smallest absolute Gasteiger partial charge is 0.250 e. The van der Waals surface area contributed by atoms with Gasteiger partial charge < -0.3 is 0 Å². The number of hydrogen-bond donors (Lipinski definition) is 1. The van der Waals surface area contributed by atoms with Crippen LogP contribution in [0, 0.1) is 12.7 Å². The molecule has 9 heteroatoms. The topological polar surface area (TPSA) is 72.2 Å². The van der Waals surface area contributed by atoms with Crippen LogP contribution in [0.4, 0.5) is 4.39 Å². The number of aryl methyl sites for hydroxylation is 1. The molecule has 4 aromatic rings. The molecule has 0 unspecified atom stereocenters. The zero-order valence-corrected chi connectivity index (χ0v) is 19.1. The molecular formula is C24H19ClFN5OS. The van der Waals surface area contributed by atoms with E-state index >= 15 is 0 Å². The lowest BCUT2D eigenvalue weighted by Gasteiger charge is -2.10. The molecule has 1 N–H and O–H groups in total. The van der Waals surface area contributed by atoms with Crippen molar-refractivity contribution < 1.29 is 9.18 Å². The van der Waals surface area contributed by atoms with E-state index in [1.54, 1.807) is 24.3 Å². The number of thioether (sulfide) groups is 1. The monoisotopic (exact) mass is 479 g/mol. The first-order valence-corrected chi connectivity index (χ1v) is 11.3. The number of benzene rings is 3. The van der Waals surface area contributed by atoms with Crippen LogP contribution in [0.15, 0.2) is 83.1 Å². The lowest BCUT2D eigenvalue weighted by atomic mass is 10.1. The maximum absolute atomic E-state index is 13.2. The fourth-order valence-electron chi connectivity index (χ4n) is 3.00. The van der Waals surface area contributed by atoms with Crippen LogP contribution in [-0.4, -0.2) is 32.6 Å². The molecule has 0 aliphatic rings. The van der Waals surface area contributed by atoms with Gasteiger partial charge in [0.2, 0.25) is 0 Å². The number of hydrogen-bond acceptors (Lipinski definition) is 5. The Morgan fingerprint density at radius 2 is 1.88 bits per heavy atom. The molecule has 4 rings (SSSR count). The van der Waals surface area contributed by atoms with E-state index in [9.17, 15) is 9.18 Å². The van der Waals surface area contributed by atoms with Crippen molar-refractivity contribution in [2.75, 3.05) is 5.75 Å². The number of halogens is 2. The first-order chi connectivity index (χ1) is 16.0. The number of carbonyl (C=O) groups excluding carboxylic acids is 1. The molecule has 33 heavy (non-hydrogen) atoms. The molecule has 1 amide bonds. The second-order valence-corrected chi connectivity index (χ2v) is 8.50. The number of nitrogens with zero attached hydrogens (tertiary/aromatic N) is 4. The van der Waals surface area contributed by atoms with Crippen LogP contribution in [0.25, 0.3) is 17.1 Å². The fraction of sp³-hybridized carbons (Fsp3) is 0.0833. The first kappa shape index (κ1) is 22.7. The summed E-state index contributed by atoms with van der Waals surface area (Å²) in [6.07, 6.45) is 1.39. The van der Waals surface area contributed by atoms with Gasteiger partial charge in [0.15, 0.2) is 11.0 Å². The van der Waals surface area contributed by atoms with Gasteiger partial charge in [-0.05, 0) is 48.9 Å². The second-order valence-electron chi connectivity index (χ2n) is 7.12. The van der Waals surface area contributed by atoms with E-state index in [0.717, 1.165) is 16.8 Å². The summed E-state index contributed by atoms with van der Waals surface area (Å²) in [5.41, 5.74) is 5.86. The Morgan fingerprint density at radius 3 is 2.61 bits per heavy atom. The molecule has 0 saturated carbocycles. The molecule has 0 spiro atoms. The van der Waals surface area contributed by atoms with Crippen molar-refractivity contribution in [2.24, 2.45) is 5.10 Å². The number of aromatic nitrogens is 3. The van der Waals surface area contributed by atoms with Gasteiger partial charge in [0.25, 0.3) is 5.91 Å². The van der Waals surface area contributed by atoms with Crippen LogP contribution in [0.2, 0.25) is 5.02 Å². The maximum Gasteiger partial charge on any atom is 0.250 e. The van der Waals surface area contributed by atoms with Crippen LogP contribution < -0.4 is 5.43 Å². The molecule has 0 radical (unpaired) electrons. The Morgan fingerprint density at radius 1 is 1.12 bits per heavy atom. The van der Waals surface area contributed by atoms with Crippen molar-refractivity contribution in [3.63, 3.8) is 0 Å². The lowest BCUT2D eigenvalue weighted by molar-refractivity contribution is -0.118. The van der Waals surface area contributed by atoms with Gasteiger partial charge in [-0.3, -0.25) is 9.36 Å². The Kier molecular flexibility index (Phi) is 7.16.